The zero-order chi connectivity index (χ0) is 12.8. The van der Waals surface area contributed by atoms with E-state index >= 15 is 0 Å². The Kier molecular flexibility index (Phi) is 7.27. The predicted molar refractivity (Wildman–Crippen MR) is 83.0 cm³/mol. The minimum atomic E-state index is 0.257. The van der Waals surface area contributed by atoms with Crippen LogP contribution in [0.4, 0.5) is 0 Å². The van der Waals surface area contributed by atoms with E-state index in [1.165, 1.54) is 29.3 Å². The monoisotopic (exact) mass is 311 g/mol. The van der Waals surface area contributed by atoms with Gasteiger partial charge in [0.05, 0.1) is 8.67 Å². The molecular formula is C12H19Cl2NS2. The molecule has 5 heteroatoms. The zero-order valence-corrected chi connectivity index (χ0v) is 13.6. The third-order valence-electron chi connectivity index (χ3n) is 2.58. The third kappa shape index (κ3) is 5.39. The SMILES string of the molecule is CCSCCC(C)NC(C)c1cc(Cl)sc1Cl. The first-order chi connectivity index (χ1) is 8.04. The van der Waals surface area contributed by atoms with Crippen molar-refractivity contribution in [2.45, 2.75) is 39.3 Å². The molecule has 1 aromatic heterocycles. The Morgan fingerprint density at radius 2 is 2.12 bits per heavy atom. The highest BCUT2D eigenvalue weighted by atomic mass is 35.5. The molecule has 1 heterocycles. The number of nitrogens with one attached hydrogen (secondary N) is 1. The van der Waals surface area contributed by atoms with Crippen LogP contribution in [0.5, 0.6) is 0 Å². The van der Waals surface area contributed by atoms with E-state index in [4.69, 9.17) is 23.2 Å². The molecule has 0 saturated heterocycles. The van der Waals surface area contributed by atoms with Gasteiger partial charge in [-0.1, -0.05) is 30.1 Å². The maximum absolute atomic E-state index is 6.14. The molecule has 0 aromatic carbocycles. The Bertz CT molecular complexity index is 341. The van der Waals surface area contributed by atoms with Crippen molar-refractivity contribution in [1.82, 2.24) is 5.32 Å². The van der Waals surface area contributed by atoms with Crippen molar-refractivity contribution in [3.63, 3.8) is 0 Å². The summed E-state index contributed by atoms with van der Waals surface area (Å²) in [5.74, 6) is 2.39. The van der Waals surface area contributed by atoms with Gasteiger partial charge < -0.3 is 5.32 Å². The van der Waals surface area contributed by atoms with Crippen LogP contribution in [0, 0.1) is 0 Å². The Labute approximate surface area is 122 Å². The van der Waals surface area contributed by atoms with Crippen LogP contribution in [0.3, 0.4) is 0 Å². The first kappa shape index (κ1) is 15.6. The minimum Gasteiger partial charge on any atom is -0.308 e. The molecule has 0 aliphatic heterocycles. The lowest BCUT2D eigenvalue weighted by Gasteiger charge is -2.19. The molecule has 2 unspecified atom stereocenters. The normalized spacial score (nSPS) is 14.9. The van der Waals surface area contributed by atoms with Gasteiger partial charge in [0.1, 0.15) is 0 Å². The number of thioether (sulfide) groups is 1. The van der Waals surface area contributed by atoms with Crippen LogP contribution in [-0.4, -0.2) is 17.5 Å². The lowest BCUT2D eigenvalue weighted by molar-refractivity contribution is 0.472. The second-order valence-electron chi connectivity index (χ2n) is 4.05. The molecule has 1 N–H and O–H groups in total. The Hall–Kier alpha value is 0.590. The van der Waals surface area contributed by atoms with Crippen LogP contribution < -0.4 is 5.32 Å². The number of rotatable bonds is 7. The van der Waals surface area contributed by atoms with Gasteiger partial charge in [0.2, 0.25) is 0 Å². The Balaban J connectivity index is 2.43. The largest absolute Gasteiger partial charge is 0.308 e. The van der Waals surface area contributed by atoms with Crippen LogP contribution in [0.25, 0.3) is 0 Å². The van der Waals surface area contributed by atoms with Crippen molar-refractivity contribution < 1.29 is 0 Å². The summed E-state index contributed by atoms with van der Waals surface area (Å²) in [6.45, 7) is 6.54. The van der Waals surface area contributed by atoms with Gasteiger partial charge in [-0.2, -0.15) is 11.8 Å². The average molecular weight is 312 g/mol. The van der Waals surface area contributed by atoms with Gasteiger partial charge >= 0.3 is 0 Å². The fourth-order valence-corrected chi connectivity index (χ4v) is 4.11. The van der Waals surface area contributed by atoms with E-state index < -0.39 is 0 Å². The van der Waals surface area contributed by atoms with Crippen LogP contribution in [0.15, 0.2) is 6.07 Å². The van der Waals surface area contributed by atoms with Crippen LogP contribution >= 0.6 is 46.3 Å². The molecular weight excluding hydrogens is 293 g/mol. The smallest absolute Gasteiger partial charge is 0.0991 e. The number of hydrogen-bond acceptors (Lipinski definition) is 3. The van der Waals surface area contributed by atoms with E-state index in [0.717, 1.165) is 14.2 Å². The van der Waals surface area contributed by atoms with Crippen molar-refractivity contribution in [3.05, 3.63) is 20.3 Å². The summed E-state index contributed by atoms with van der Waals surface area (Å²) < 4.78 is 1.55. The molecule has 0 amide bonds. The van der Waals surface area contributed by atoms with E-state index in [1.54, 1.807) is 0 Å². The average Bonchev–Trinajstić information content (AvgIpc) is 2.58. The number of hydrogen-bond donors (Lipinski definition) is 1. The molecule has 0 aliphatic rings. The summed E-state index contributed by atoms with van der Waals surface area (Å²) in [7, 11) is 0. The molecule has 0 fully saturated rings. The van der Waals surface area contributed by atoms with Crippen molar-refractivity contribution in [3.8, 4) is 0 Å². The summed E-state index contributed by atoms with van der Waals surface area (Å²) >= 11 is 15.5. The zero-order valence-electron chi connectivity index (χ0n) is 10.4. The topological polar surface area (TPSA) is 12.0 Å². The van der Waals surface area contributed by atoms with Gasteiger partial charge in [-0.15, -0.1) is 11.3 Å². The maximum Gasteiger partial charge on any atom is 0.0991 e. The maximum atomic E-state index is 6.14. The lowest BCUT2D eigenvalue weighted by Crippen LogP contribution is -2.29. The van der Waals surface area contributed by atoms with E-state index in [-0.39, 0.29) is 6.04 Å². The molecule has 0 bridgehead atoms. The lowest BCUT2D eigenvalue weighted by atomic mass is 10.1. The van der Waals surface area contributed by atoms with E-state index in [1.807, 2.05) is 17.8 Å². The fourth-order valence-electron chi connectivity index (χ4n) is 1.65. The van der Waals surface area contributed by atoms with Crippen LogP contribution in [0.2, 0.25) is 8.67 Å². The van der Waals surface area contributed by atoms with Crippen LogP contribution in [0.1, 0.15) is 38.8 Å². The molecule has 0 saturated carbocycles. The van der Waals surface area contributed by atoms with E-state index in [2.05, 4.69) is 26.1 Å². The molecule has 1 rings (SSSR count). The summed E-state index contributed by atoms with van der Waals surface area (Å²) in [5.41, 5.74) is 1.11. The second-order valence-corrected chi connectivity index (χ2v) is 7.73. The summed E-state index contributed by atoms with van der Waals surface area (Å²) in [4.78, 5) is 0. The fraction of sp³-hybridized carbons (Fsp3) is 0.667. The van der Waals surface area contributed by atoms with E-state index in [0.29, 0.717) is 6.04 Å². The van der Waals surface area contributed by atoms with Gasteiger partial charge in [-0.05, 0) is 43.4 Å². The molecule has 1 nitrogen and oxygen atoms in total. The van der Waals surface area contributed by atoms with Gasteiger partial charge in [-0.25, -0.2) is 0 Å². The quantitative estimate of drug-likeness (QED) is 0.691. The Morgan fingerprint density at radius 3 is 2.65 bits per heavy atom. The first-order valence-electron chi connectivity index (χ1n) is 5.83. The van der Waals surface area contributed by atoms with Gasteiger partial charge in [-0.3, -0.25) is 0 Å². The van der Waals surface area contributed by atoms with Crippen molar-refractivity contribution in [2.75, 3.05) is 11.5 Å². The van der Waals surface area contributed by atoms with Crippen molar-refractivity contribution in [2.24, 2.45) is 0 Å². The molecule has 0 aliphatic carbocycles. The molecule has 2 atom stereocenters. The summed E-state index contributed by atoms with van der Waals surface area (Å²) in [5, 5.41) is 3.56. The highest BCUT2D eigenvalue weighted by Crippen LogP contribution is 2.35. The number of thiophene rings is 1. The number of halogens is 2. The highest BCUT2D eigenvalue weighted by Gasteiger charge is 2.15. The van der Waals surface area contributed by atoms with Gasteiger partial charge in [0, 0.05) is 12.1 Å². The molecule has 1 aromatic rings. The van der Waals surface area contributed by atoms with Crippen molar-refractivity contribution >= 4 is 46.3 Å². The van der Waals surface area contributed by atoms with Gasteiger partial charge in [0.15, 0.2) is 0 Å². The molecule has 17 heavy (non-hydrogen) atoms. The predicted octanol–water partition coefficient (Wildman–Crippen LogP) is 5.24. The first-order valence-corrected chi connectivity index (χ1v) is 8.55. The second kappa shape index (κ2) is 7.90. The molecule has 98 valence electrons. The highest BCUT2D eigenvalue weighted by molar-refractivity contribution is 7.99. The minimum absolute atomic E-state index is 0.257. The molecule has 0 spiro atoms. The van der Waals surface area contributed by atoms with Crippen molar-refractivity contribution in [1.29, 1.82) is 0 Å². The summed E-state index contributed by atoms with van der Waals surface area (Å²) in [6.07, 6.45) is 1.18. The van der Waals surface area contributed by atoms with E-state index in [9.17, 15) is 0 Å². The summed E-state index contributed by atoms with van der Waals surface area (Å²) in [6, 6.07) is 2.71. The van der Waals surface area contributed by atoms with Gasteiger partial charge in [0.25, 0.3) is 0 Å². The molecule has 0 radical (unpaired) electrons. The standard InChI is InChI=1S/C12H19Cl2NS2/c1-4-16-6-5-8(2)15-9(3)10-7-11(13)17-12(10)14/h7-9,15H,4-6H2,1-3H3. The Morgan fingerprint density at radius 1 is 1.41 bits per heavy atom. The third-order valence-corrected chi connectivity index (χ3v) is 5.03. The van der Waals surface area contributed by atoms with Crippen LogP contribution in [-0.2, 0) is 0 Å².